The topological polar surface area (TPSA) is 87.7 Å². The van der Waals surface area contributed by atoms with Crippen molar-refractivity contribution in [2.75, 3.05) is 19.7 Å². The molecule has 1 aliphatic heterocycles. The summed E-state index contributed by atoms with van der Waals surface area (Å²) < 4.78 is 5.45. The van der Waals surface area contributed by atoms with Gasteiger partial charge in [-0.1, -0.05) is 20.8 Å². The number of rotatable bonds is 5. The van der Waals surface area contributed by atoms with E-state index in [2.05, 4.69) is 10.6 Å². The number of hydrogen-bond donors (Lipinski definition) is 3. The molecule has 1 rings (SSSR count). The van der Waals surface area contributed by atoms with Crippen molar-refractivity contribution >= 4 is 11.9 Å². The molecule has 1 fully saturated rings. The zero-order valence-corrected chi connectivity index (χ0v) is 11.4. The molecule has 0 aromatic rings. The van der Waals surface area contributed by atoms with Crippen molar-refractivity contribution in [3.05, 3.63) is 0 Å². The fraction of sp³-hybridized carbons (Fsp3) is 0.833. The maximum atomic E-state index is 11.7. The Morgan fingerprint density at radius 1 is 1.44 bits per heavy atom. The zero-order chi connectivity index (χ0) is 14.0. The van der Waals surface area contributed by atoms with Gasteiger partial charge in [-0.25, -0.2) is 4.79 Å². The molecule has 1 amide bonds. The fourth-order valence-corrected chi connectivity index (χ4v) is 1.67. The molecule has 6 nitrogen and oxygen atoms in total. The number of carboxylic acids is 1. The molecule has 1 atom stereocenters. The summed E-state index contributed by atoms with van der Waals surface area (Å²) in [6, 6.07) is -0.916. The van der Waals surface area contributed by atoms with Crippen LogP contribution in [0.1, 0.15) is 27.7 Å². The lowest BCUT2D eigenvalue weighted by Crippen LogP contribution is -2.60. The van der Waals surface area contributed by atoms with E-state index >= 15 is 0 Å². The summed E-state index contributed by atoms with van der Waals surface area (Å²) in [5.74, 6) is -1.43. The lowest BCUT2D eigenvalue weighted by Gasteiger charge is -2.39. The Kier molecular flexibility index (Phi) is 4.34. The van der Waals surface area contributed by atoms with Crippen LogP contribution in [-0.4, -0.2) is 48.3 Å². The summed E-state index contributed by atoms with van der Waals surface area (Å²) in [6.45, 7) is 8.52. The average Bonchev–Trinajstić information content (AvgIpc) is 2.18. The van der Waals surface area contributed by atoms with Crippen LogP contribution in [0.2, 0.25) is 0 Å². The van der Waals surface area contributed by atoms with Gasteiger partial charge >= 0.3 is 5.97 Å². The first kappa shape index (κ1) is 14.9. The van der Waals surface area contributed by atoms with Crippen molar-refractivity contribution in [2.45, 2.75) is 39.3 Å². The molecule has 1 aliphatic rings. The first-order valence-electron chi connectivity index (χ1n) is 6.01. The fourth-order valence-electron chi connectivity index (χ4n) is 1.67. The maximum Gasteiger partial charge on any atom is 0.326 e. The molecule has 0 unspecified atom stereocenters. The Hall–Kier alpha value is -1.14. The summed E-state index contributed by atoms with van der Waals surface area (Å²) in [5.41, 5.74) is -0.846. The van der Waals surface area contributed by atoms with E-state index in [1.807, 2.05) is 6.92 Å². The van der Waals surface area contributed by atoms with Gasteiger partial charge in [-0.05, 0) is 12.3 Å². The van der Waals surface area contributed by atoms with Gasteiger partial charge in [-0.15, -0.1) is 0 Å². The average molecular weight is 258 g/mol. The van der Waals surface area contributed by atoms with Crippen LogP contribution >= 0.6 is 0 Å². The minimum Gasteiger partial charge on any atom is -0.480 e. The molecular weight excluding hydrogens is 236 g/mol. The summed E-state index contributed by atoms with van der Waals surface area (Å²) in [4.78, 5) is 22.8. The van der Waals surface area contributed by atoms with E-state index in [1.54, 1.807) is 20.8 Å². The number of carboxylic acid groups (broad SMARTS) is 1. The van der Waals surface area contributed by atoms with Crippen LogP contribution in [0.4, 0.5) is 0 Å². The Bertz CT molecular complexity index is 331. The lowest BCUT2D eigenvalue weighted by atomic mass is 9.87. The largest absolute Gasteiger partial charge is 0.480 e. The first-order chi connectivity index (χ1) is 8.14. The van der Waals surface area contributed by atoms with Gasteiger partial charge in [0.2, 0.25) is 5.91 Å². The molecule has 1 saturated heterocycles. The summed E-state index contributed by atoms with van der Waals surface area (Å²) in [7, 11) is 0. The van der Waals surface area contributed by atoms with Crippen LogP contribution in [-0.2, 0) is 14.3 Å². The van der Waals surface area contributed by atoms with Crippen LogP contribution in [0.3, 0.4) is 0 Å². The Balaban J connectivity index is 2.44. The van der Waals surface area contributed by atoms with Gasteiger partial charge in [0.15, 0.2) is 0 Å². The Morgan fingerprint density at radius 3 is 2.33 bits per heavy atom. The second kappa shape index (κ2) is 5.24. The summed E-state index contributed by atoms with van der Waals surface area (Å²) >= 11 is 0. The van der Waals surface area contributed by atoms with Gasteiger partial charge in [0.05, 0.1) is 5.60 Å². The van der Waals surface area contributed by atoms with Gasteiger partial charge < -0.3 is 20.5 Å². The van der Waals surface area contributed by atoms with E-state index in [-0.39, 0.29) is 12.2 Å². The molecule has 104 valence electrons. The second-order valence-electron chi connectivity index (χ2n) is 6.05. The first-order valence-corrected chi connectivity index (χ1v) is 6.01. The number of nitrogens with one attached hydrogen (secondary N) is 2. The van der Waals surface area contributed by atoms with Crippen molar-refractivity contribution in [3.8, 4) is 0 Å². The third-order valence-electron chi connectivity index (χ3n) is 2.97. The minimum absolute atomic E-state index is 0.113. The molecule has 0 bridgehead atoms. The van der Waals surface area contributed by atoms with Gasteiger partial charge in [-0.3, -0.25) is 4.79 Å². The maximum absolute atomic E-state index is 11.7. The molecule has 6 heteroatoms. The normalized spacial score (nSPS) is 19.8. The number of aliphatic carboxylic acids is 1. The van der Waals surface area contributed by atoms with Gasteiger partial charge in [0.25, 0.3) is 0 Å². The SMILES string of the molecule is CC1(OCC(=O)N[C@H](C(=O)O)C(C)(C)C)CNC1. The Morgan fingerprint density at radius 2 is 2.00 bits per heavy atom. The van der Waals surface area contributed by atoms with E-state index in [0.29, 0.717) is 13.1 Å². The molecule has 0 saturated carbocycles. The second-order valence-corrected chi connectivity index (χ2v) is 6.05. The highest BCUT2D eigenvalue weighted by Crippen LogP contribution is 2.19. The third-order valence-corrected chi connectivity index (χ3v) is 2.97. The predicted octanol–water partition coefficient (Wildman–Crippen LogP) is -0.0196. The molecule has 0 aromatic carbocycles. The number of ether oxygens (including phenoxy) is 1. The van der Waals surface area contributed by atoms with Crippen LogP contribution < -0.4 is 10.6 Å². The molecule has 0 spiro atoms. The molecule has 0 aromatic heterocycles. The molecule has 1 heterocycles. The lowest BCUT2D eigenvalue weighted by molar-refractivity contribution is -0.148. The van der Waals surface area contributed by atoms with Gasteiger partial charge in [-0.2, -0.15) is 0 Å². The van der Waals surface area contributed by atoms with E-state index in [4.69, 9.17) is 9.84 Å². The molecule has 3 N–H and O–H groups in total. The highest BCUT2D eigenvalue weighted by atomic mass is 16.5. The van der Waals surface area contributed by atoms with E-state index in [0.717, 1.165) is 0 Å². The van der Waals surface area contributed by atoms with Crippen LogP contribution in [0.15, 0.2) is 0 Å². The molecule has 0 radical (unpaired) electrons. The van der Waals surface area contributed by atoms with Crippen LogP contribution in [0, 0.1) is 5.41 Å². The highest BCUT2D eigenvalue weighted by molar-refractivity contribution is 5.84. The number of hydrogen-bond acceptors (Lipinski definition) is 4. The van der Waals surface area contributed by atoms with Crippen molar-refractivity contribution < 1.29 is 19.4 Å². The van der Waals surface area contributed by atoms with Gasteiger partial charge in [0.1, 0.15) is 12.6 Å². The number of carbonyl (C=O) groups excluding carboxylic acids is 1. The quantitative estimate of drug-likeness (QED) is 0.645. The highest BCUT2D eigenvalue weighted by Gasteiger charge is 2.35. The van der Waals surface area contributed by atoms with E-state index in [9.17, 15) is 9.59 Å². The number of amides is 1. The predicted molar refractivity (Wildman–Crippen MR) is 66.2 cm³/mol. The third kappa shape index (κ3) is 3.96. The van der Waals surface area contributed by atoms with Crippen molar-refractivity contribution in [1.82, 2.24) is 10.6 Å². The smallest absolute Gasteiger partial charge is 0.326 e. The summed E-state index contributed by atoms with van der Waals surface area (Å²) in [5, 5.41) is 14.6. The minimum atomic E-state index is -1.03. The molecule has 18 heavy (non-hydrogen) atoms. The van der Waals surface area contributed by atoms with Gasteiger partial charge in [0, 0.05) is 13.1 Å². The van der Waals surface area contributed by atoms with Crippen molar-refractivity contribution in [2.24, 2.45) is 5.41 Å². The van der Waals surface area contributed by atoms with E-state index in [1.165, 1.54) is 0 Å². The van der Waals surface area contributed by atoms with Crippen molar-refractivity contribution in [3.63, 3.8) is 0 Å². The Labute approximate surface area is 107 Å². The monoisotopic (exact) mass is 258 g/mol. The number of carbonyl (C=O) groups is 2. The zero-order valence-electron chi connectivity index (χ0n) is 11.4. The van der Waals surface area contributed by atoms with E-state index < -0.39 is 23.3 Å². The van der Waals surface area contributed by atoms with Crippen LogP contribution in [0.5, 0.6) is 0 Å². The van der Waals surface area contributed by atoms with Crippen LogP contribution in [0.25, 0.3) is 0 Å². The molecule has 0 aliphatic carbocycles. The summed E-state index contributed by atoms with van der Waals surface area (Å²) in [6.07, 6.45) is 0. The standard InChI is InChI=1S/C12H22N2O4/c1-11(2,3)9(10(16)17)14-8(15)5-18-12(4)6-13-7-12/h9,13H,5-7H2,1-4H3,(H,14,15)(H,16,17)/t9-/m1/s1. The molecular formula is C12H22N2O4. The van der Waals surface area contributed by atoms with Crippen molar-refractivity contribution in [1.29, 1.82) is 0 Å².